The molecule has 3 N–H and O–H groups in total. The molecule has 1 heterocycles. The van der Waals surface area contributed by atoms with Gasteiger partial charge in [0.05, 0.1) is 17.7 Å². The molecule has 1 amide bonds. The molecule has 0 bridgehead atoms. The van der Waals surface area contributed by atoms with Crippen molar-refractivity contribution in [1.29, 1.82) is 0 Å². The first-order chi connectivity index (χ1) is 19.7. The Balaban J connectivity index is 0.000000366. The van der Waals surface area contributed by atoms with Crippen LogP contribution in [0.1, 0.15) is 105 Å². The van der Waals surface area contributed by atoms with Crippen molar-refractivity contribution in [1.82, 2.24) is 10.3 Å². The van der Waals surface area contributed by atoms with Crippen LogP contribution in [0, 0.1) is 19.8 Å². The maximum Gasteiger partial charge on any atom is 0.255 e. The number of ether oxygens (including phenoxy) is 1. The Morgan fingerprint density at radius 2 is 1.59 bits per heavy atom. The number of hydrogen-bond acceptors (Lipinski definition) is 6. The predicted octanol–water partition coefficient (Wildman–Crippen LogP) is 7.94. The minimum Gasteiger partial charge on any atom is -0.507 e. The van der Waals surface area contributed by atoms with Gasteiger partial charge in [0.2, 0.25) is 5.88 Å². The van der Waals surface area contributed by atoms with E-state index in [1.54, 1.807) is 18.3 Å². The highest BCUT2D eigenvalue weighted by atomic mass is 16.5. The van der Waals surface area contributed by atoms with Crippen molar-refractivity contribution in [3.8, 4) is 17.4 Å². The third-order valence-electron chi connectivity index (χ3n) is 6.41. The average molecular weight is 565 g/mol. The van der Waals surface area contributed by atoms with Crippen molar-refractivity contribution in [2.24, 2.45) is 5.92 Å². The average Bonchev–Trinajstić information content (AvgIpc) is 2.98. The second kappa shape index (κ2) is 18.6. The minimum atomic E-state index is -0.257. The van der Waals surface area contributed by atoms with E-state index in [1.165, 1.54) is 19.1 Å². The number of nitrogens with one attached hydrogen (secondary N) is 1. The van der Waals surface area contributed by atoms with E-state index in [2.05, 4.69) is 17.2 Å². The molecular weight excluding hydrogens is 516 g/mol. The number of aliphatic hydroxyl groups is 1. The smallest absolute Gasteiger partial charge is 0.255 e. The van der Waals surface area contributed by atoms with E-state index in [1.807, 2.05) is 65.8 Å². The normalized spacial score (nSPS) is 15.4. The molecule has 7 heteroatoms. The quantitative estimate of drug-likeness (QED) is 0.262. The molecule has 3 aromatic rings. The Bertz CT molecular complexity index is 1230. The van der Waals surface area contributed by atoms with Gasteiger partial charge < -0.3 is 20.3 Å². The van der Waals surface area contributed by atoms with E-state index in [-0.39, 0.29) is 35.7 Å². The fourth-order valence-corrected chi connectivity index (χ4v) is 4.21. The lowest BCUT2D eigenvalue weighted by Gasteiger charge is -2.27. The molecule has 0 radical (unpaired) electrons. The first kappa shape index (κ1) is 35.3. The van der Waals surface area contributed by atoms with Crippen LogP contribution in [0.25, 0.3) is 0 Å². The summed E-state index contributed by atoms with van der Waals surface area (Å²) < 4.78 is 5.67. The number of rotatable bonds is 6. The number of carbonyl (C=O) groups excluding carboxylic acids is 2. The number of aryl methyl sites for hydroxylation is 2. The topological polar surface area (TPSA) is 109 Å². The maximum absolute atomic E-state index is 12.1. The summed E-state index contributed by atoms with van der Waals surface area (Å²) in [7, 11) is 0. The highest BCUT2D eigenvalue weighted by molar-refractivity contribution is 5.97. The van der Waals surface area contributed by atoms with E-state index < -0.39 is 0 Å². The van der Waals surface area contributed by atoms with Crippen molar-refractivity contribution >= 4 is 11.7 Å². The zero-order valence-electron chi connectivity index (χ0n) is 26.0. The van der Waals surface area contributed by atoms with Crippen LogP contribution in [0.4, 0.5) is 0 Å². The van der Waals surface area contributed by atoms with Crippen molar-refractivity contribution in [2.45, 2.75) is 93.7 Å². The van der Waals surface area contributed by atoms with Gasteiger partial charge in [0.15, 0.2) is 5.78 Å². The number of benzene rings is 2. The van der Waals surface area contributed by atoms with Gasteiger partial charge in [-0.3, -0.25) is 9.59 Å². The van der Waals surface area contributed by atoms with E-state index in [0.717, 1.165) is 42.7 Å². The number of amides is 1. The molecule has 0 unspecified atom stereocenters. The van der Waals surface area contributed by atoms with Gasteiger partial charge in [-0.15, -0.1) is 0 Å². The maximum atomic E-state index is 12.1. The Kier molecular flexibility index (Phi) is 16.0. The van der Waals surface area contributed by atoms with Crippen molar-refractivity contribution in [3.05, 3.63) is 82.5 Å². The molecule has 2 aromatic carbocycles. The third kappa shape index (κ3) is 11.7. The molecule has 1 saturated carbocycles. The van der Waals surface area contributed by atoms with Crippen LogP contribution < -0.4 is 10.1 Å². The SMILES string of the molecule is CC.CC.CC(=O)c1cc(C)cnc1Oc1cccc(C)c1.CC1CCC(NC(=O)c2cc(CO)ccc2O)CC1. The first-order valence-corrected chi connectivity index (χ1v) is 14.6. The summed E-state index contributed by atoms with van der Waals surface area (Å²) in [4.78, 5) is 27.9. The van der Waals surface area contributed by atoms with Crippen molar-refractivity contribution in [2.75, 3.05) is 0 Å². The fourth-order valence-electron chi connectivity index (χ4n) is 4.21. The summed E-state index contributed by atoms with van der Waals surface area (Å²) in [5.74, 6) is 1.44. The first-order valence-electron chi connectivity index (χ1n) is 14.6. The van der Waals surface area contributed by atoms with Crippen LogP contribution in [0.15, 0.2) is 54.7 Å². The summed E-state index contributed by atoms with van der Waals surface area (Å²) in [5, 5.41) is 21.8. The Morgan fingerprint density at radius 3 is 2.17 bits per heavy atom. The number of carbonyl (C=O) groups is 2. The van der Waals surface area contributed by atoms with E-state index >= 15 is 0 Å². The molecule has 1 aliphatic carbocycles. The summed E-state index contributed by atoms with van der Waals surface area (Å²) in [6.07, 6.45) is 5.94. The molecule has 4 rings (SSSR count). The molecule has 1 aliphatic rings. The third-order valence-corrected chi connectivity index (χ3v) is 6.41. The Hall–Kier alpha value is -3.71. The Morgan fingerprint density at radius 1 is 0.927 bits per heavy atom. The summed E-state index contributed by atoms with van der Waals surface area (Å²) in [6, 6.07) is 14.2. The van der Waals surface area contributed by atoms with Crippen molar-refractivity contribution < 1.29 is 24.5 Å². The number of hydrogen-bond donors (Lipinski definition) is 3. The molecule has 0 saturated heterocycles. The van der Waals surface area contributed by atoms with Crippen LogP contribution >= 0.6 is 0 Å². The second-order valence-corrected chi connectivity index (χ2v) is 9.78. The van der Waals surface area contributed by atoms with Gasteiger partial charge in [0, 0.05) is 12.2 Å². The number of phenols is 1. The standard InChI is InChI=1S/C15H21NO3.C15H15NO2.2C2H6/c1-10-2-5-12(6-3-10)16-15(19)13-8-11(9-17)4-7-14(13)18;1-10-5-4-6-13(7-10)18-15-14(12(3)17)8-11(2)9-16-15;2*1-2/h4,7-8,10,12,17-18H,2-3,5-6,9H2,1H3,(H,16,19);4-9H,1-3H3;2*1-2H3. The molecule has 0 spiro atoms. The summed E-state index contributed by atoms with van der Waals surface area (Å²) in [6.45, 7) is 15.5. The van der Waals surface area contributed by atoms with E-state index in [4.69, 9.17) is 9.84 Å². The van der Waals surface area contributed by atoms with Gasteiger partial charge in [-0.25, -0.2) is 4.98 Å². The summed E-state index contributed by atoms with van der Waals surface area (Å²) in [5.41, 5.74) is 3.42. The Labute approximate surface area is 246 Å². The van der Waals surface area contributed by atoms with Gasteiger partial charge in [-0.1, -0.05) is 52.8 Å². The second-order valence-electron chi connectivity index (χ2n) is 9.78. The van der Waals surface area contributed by atoms with Crippen LogP contribution in [-0.4, -0.2) is 32.9 Å². The van der Waals surface area contributed by atoms with Gasteiger partial charge in [-0.2, -0.15) is 0 Å². The van der Waals surface area contributed by atoms with Crippen LogP contribution in [0.5, 0.6) is 17.4 Å². The number of nitrogens with zero attached hydrogens (tertiary/aromatic N) is 1. The number of aromatic nitrogens is 1. The zero-order valence-corrected chi connectivity index (χ0v) is 26.0. The van der Waals surface area contributed by atoms with Crippen LogP contribution in [0.3, 0.4) is 0 Å². The summed E-state index contributed by atoms with van der Waals surface area (Å²) >= 11 is 0. The lowest BCUT2D eigenvalue weighted by Crippen LogP contribution is -2.37. The predicted molar refractivity (Wildman–Crippen MR) is 166 cm³/mol. The lowest BCUT2D eigenvalue weighted by molar-refractivity contribution is 0.0919. The number of pyridine rings is 1. The van der Waals surface area contributed by atoms with Crippen LogP contribution in [-0.2, 0) is 6.61 Å². The monoisotopic (exact) mass is 564 g/mol. The minimum absolute atomic E-state index is 0.0427. The van der Waals surface area contributed by atoms with Gasteiger partial charge >= 0.3 is 0 Å². The fraction of sp³-hybridized carbons (Fsp3) is 0.441. The van der Waals surface area contributed by atoms with Gasteiger partial charge in [0.25, 0.3) is 5.91 Å². The highest BCUT2D eigenvalue weighted by Crippen LogP contribution is 2.26. The van der Waals surface area contributed by atoms with E-state index in [0.29, 0.717) is 22.8 Å². The number of aliphatic hydroxyl groups excluding tert-OH is 1. The number of phenolic OH excluding ortho intramolecular Hbond substituents is 1. The molecule has 1 aromatic heterocycles. The van der Waals surface area contributed by atoms with Crippen molar-refractivity contribution in [3.63, 3.8) is 0 Å². The van der Waals surface area contributed by atoms with E-state index in [9.17, 15) is 14.7 Å². The number of Topliss-reactive ketones (excluding diaryl/α,β-unsaturated/α-hetero) is 1. The molecule has 0 atom stereocenters. The van der Waals surface area contributed by atoms with Gasteiger partial charge in [-0.05, 0) is 99.4 Å². The number of aromatic hydroxyl groups is 1. The largest absolute Gasteiger partial charge is 0.507 e. The van der Waals surface area contributed by atoms with Crippen LogP contribution in [0.2, 0.25) is 0 Å². The number of ketones is 1. The van der Waals surface area contributed by atoms with Gasteiger partial charge in [0.1, 0.15) is 11.5 Å². The molecule has 224 valence electrons. The molecule has 1 fully saturated rings. The lowest BCUT2D eigenvalue weighted by atomic mass is 9.87. The molecular formula is C34H48N2O5. The molecule has 7 nitrogen and oxygen atoms in total. The zero-order chi connectivity index (χ0) is 30.9. The molecule has 0 aliphatic heterocycles. The highest BCUT2D eigenvalue weighted by Gasteiger charge is 2.21. The molecule has 41 heavy (non-hydrogen) atoms.